The van der Waals surface area contributed by atoms with Crippen LogP contribution in [-0.2, 0) is 6.42 Å². The molecule has 0 fully saturated rings. The van der Waals surface area contributed by atoms with Crippen LogP contribution in [0.25, 0.3) is 16.9 Å². The lowest BCUT2D eigenvalue weighted by Gasteiger charge is -2.10. The van der Waals surface area contributed by atoms with Crippen molar-refractivity contribution in [2.75, 3.05) is 0 Å². The Balaban J connectivity index is 2.31. The van der Waals surface area contributed by atoms with Crippen molar-refractivity contribution < 1.29 is 0 Å². The van der Waals surface area contributed by atoms with Gasteiger partial charge in [-0.1, -0.05) is 30.4 Å². The Labute approximate surface area is 122 Å². The summed E-state index contributed by atoms with van der Waals surface area (Å²) in [4.78, 5) is 9.53. The van der Waals surface area contributed by atoms with Crippen LogP contribution in [0.15, 0.2) is 42.6 Å². The van der Waals surface area contributed by atoms with Gasteiger partial charge in [0.1, 0.15) is 11.6 Å². The molecule has 0 unspecified atom stereocenters. The molecule has 2 aromatic heterocycles. The smallest absolute Gasteiger partial charge is 0.141 e. The molecule has 0 spiro atoms. The van der Waals surface area contributed by atoms with Gasteiger partial charge in [0.15, 0.2) is 0 Å². The Kier molecular flexibility index (Phi) is 3.20. The summed E-state index contributed by atoms with van der Waals surface area (Å²) in [5.41, 5.74) is 8.71. The monoisotopic (exact) mass is 282 g/mol. The van der Waals surface area contributed by atoms with Crippen LogP contribution in [0.2, 0.25) is 0 Å². The minimum absolute atomic E-state index is 0.426. The van der Waals surface area contributed by atoms with Crippen molar-refractivity contribution in [3.05, 3.63) is 54.0 Å². The second-order valence-electron chi connectivity index (χ2n) is 4.64. The second kappa shape index (κ2) is 5.02. The fourth-order valence-electron chi connectivity index (χ4n) is 2.30. The Morgan fingerprint density at radius 2 is 2.05 bits per heavy atom. The van der Waals surface area contributed by atoms with E-state index in [0.717, 1.165) is 28.2 Å². The van der Waals surface area contributed by atoms with Crippen molar-refractivity contribution in [1.82, 2.24) is 14.5 Å². The lowest BCUT2D eigenvalue weighted by molar-refractivity contribution is 0.921. The van der Waals surface area contributed by atoms with Gasteiger partial charge in [-0.2, -0.15) is 0 Å². The third-order valence-electron chi connectivity index (χ3n) is 3.16. The van der Waals surface area contributed by atoms with E-state index < -0.39 is 0 Å². The van der Waals surface area contributed by atoms with E-state index in [1.54, 1.807) is 6.20 Å². The van der Waals surface area contributed by atoms with E-state index in [0.29, 0.717) is 11.4 Å². The molecule has 0 saturated heterocycles. The minimum Gasteiger partial charge on any atom is -0.393 e. The molecule has 5 heteroatoms. The SMILES string of the molecule is Cc1cccnc1-n1c(CC(N)=S)nc2ccccc21. The quantitative estimate of drug-likeness (QED) is 0.750. The molecule has 0 aliphatic heterocycles. The predicted molar refractivity (Wildman–Crippen MR) is 84.1 cm³/mol. The largest absolute Gasteiger partial charge is 0.393 e. The molecule has 100 valence electrons. The minimum atomic E-state index is 0.426. The van der Waals surface area contributed by atoms with Gasteiger partial charge in [-0.25, -0.2) is 9.97 Å². The van der Waals surface area contributed by atoms with E-state index in [4.69, 9.17) is 18.0 Å². The average molecular weight is 282 g/mol. The molecule has 2 N–H and O–H groups in total. The highest BCUT2D eigenvalue weighted by molar-refractivity contribution is 7.80. The van der Waals surface area contributed by atoms with Gasteiger partial charge in [0.2, 0.25) is 0 Å². The van der Waals surface area contributed by atoms with Crippen LogP contribution in [0, 0.1) is 6.92 Å². The maximum absolute atomic E-state index is 5.69. The molecule has 0 amide bonds. The number of aryl methyl sites for hydroxylation is 1. The van der Waals surface area contributed by atoms with Crippen LogP contribution in [-0.4, -0.2) is 19.5 Å². The number of hydrogen-bond donors (Lipinski definition) is 1. The Hall–Kier alpha value is -2.27. The summed E-state index contributed by atoms with van der Waals surface area (Å²) in [6.45, 7) is 2.03. The van der Waals surface area contributed by atoms with E-state index in [-0.39, 0.29) is 0 Å². The molecule has 0 bridgehead atoms. The van der Waals surface area contributed by atoms with E-state index >= 15 is 0 Å². The molecule has 2 heterocycles. The van der Waals surface area contributed by atoms with Gasteiger partial charge >= 0.3 is 0 Å². The number of rotatable bonds is 3. The van der Waals surface area contributed by atoms with Crippen LogP contribution in [0.1, 0.15) is 11.4 Å². The van der Waals surface area contributed by atoms with Crippen molar-refractivity contribution in [2.45, 2.75) is 13.3 Å². The number of para-hydroxylation sites is 2. The molecular formula is C15H14N4S. The fraction of sp³-hybridized carbons (Fsp3) is 0.133. The van der Waals surface area contributed by atoms with Crippen molar-refractivity contribution in [3.63, 3.8) is 0 Å². The Morgan fingerprint density at radius 3 is 2.80 bits per heavy atom. The van der Waals surface area contributed by atoms with Gasteiger partial charge in [-0.3, -0.25) is 4.57 Å². The van der Waals surface area contributed by atoms with Gasteiger partial charge in [0.05, 0.1) is 22.4 Å². The molecule has 4 nitrogen and oxygen atoms in total. The molecular weight excluding hydrogens is 268 g/mol. The highest BCUT2D eigenvalue weighted by atomic mass is 32.1. The number of nitrogens with zero attached hydrogens (tertiary/aromatic N) is 3. The molecule has 0 atom stereocenters. The van der Waals surface area contributed by atoms with E-state index in [1.165, 1.54) is 0 Å². The first kappa shape index (κ1) is 12.7. The highest BCUT2D eigenvalue weighted by Gasteiger charge is 2.14. The number of aromatic nitrogens is 3. The van der Waals surface area contributed by atoms with E-state index in [1.807, 2.05) is 47.9 Å². The molecule has 0 radical (unpaired) electrons. The molecule has 0 saturated carbocycles. The van der Waals surface area contributed by atoms with Crippen LogP contribution < -0.4 is 5.73 Å². The number of nitrogens with two attached hydrogens (primary N) is 1. The number of fused-ring (bicyclic) bond motifs is 1. The summed E-state index contributed by atoms with van der Waals surface area (Å²) in [5, 5.41) is 0. The fourth-order valence-corrected chi connectivity index (χ4v) is 2.43. The normalized spacial score (nSPS) is 10.8. The van der Waals surface area contributed by atoms with E-state index in [9.17, 15) is 0 Å². The molecule has 0 aliphatic rings. The summed E-state index contributed by atoms with van der Waals surface area (Å²) < 4.78 is 2.03. The van der Waals surface area contributed by atoms with E-state index in [2.05, 4.69) is 9.97 Å². The Morgan fingerprint density at radius 1 is 1.25 bits per heavy atom. The number of hydrogen-bond acceptors (Lipinski definition) is 3. The molecule has 20 heavy (non-hydrogen) atoms. The van der Waals surface area contributed by atoms with Crippen LogP contribution in [0.5, 0.6) is 0 Å². The maximum atomic E-state index is 5.69. The van der Waals surface area contributed by atoms with Crippen LogP contribution in [0.3, 0.4) is 0 Å². The summed E-state index contributed by atoms with van der Waals surface area (Å²) >= 11 is 5.03. The zero-order valence-electron chi connectivity index (χ0n) is 11.1. The number of thiocarbonyl (C=S) groups is 1. The molecule has 1 aromatic carbocycles. The summed E-state index contributed by atoms with van der Waals surface area (Å²) in [6, 6.07) is 11.9. The maximum Gasteiger partial charge on any atom is 0.141 e. The average Bonchev–Trinajstić information content (AvgIpc) is 2.76. The zero-order valence-corrected chi connectivity index (χ0v) is 11.9. The van der Waals surface area contributed by atoms with Crippen molar-refractivity contribution in [3.8, 4) is 5.82 Å². The molecule has 0 aliphatic carbocycles. The van der Waals surface area contributed by atoms with Crippen molar-refractivity contribution in [2.24, 2.45) is 5.73 Å². The van der Waals surface area contributed by atoms with Gasteiger partial charge in [-0.15, -0.1) is 0 Å². The summed E-state index contributed by atoms with van der Waals surface area (Å²) in [5.74, 6) is 1.69. The standard InChI is InChI=1S/C15H14N4S/c1-10-5-4-8-17-15(10)19-12-7-3-2-6-11(12)18-14(19)9-13(16)20/h2-8H,9H2,1H3,(H2,16,20). The van der Waals surface area contributed by atoms with Crippen LogP contribution >= 0.6 is 12.2 Å². The third-order valence-corrected chi connectivity index (χ3v) is 3.30. The van der Waals surface area contributed by atoms with Gasteiger partial charge in [0.25, 0.3) is 0 Å². The summed E-state index contributed by atoms with van der Waals surface area (Å²) in [6.07, 6.45) is 2.24. The van der Waals surface area contributed by atoms with Gasteiger partial charge < -0.3 is 5.73 Å². The van der Waals surface area contributed by atoms with Crippen molar-refractivity contribution >= 4 is 28.2 Å². The number of benzene rings is 1. The second-order valence-corrected chi connectivity index (χ2v) is 5.16. The molecule has 3 rings (SSSR count). The predicted octanol–water partition coefficient (Wildman–Crippen LogP) is 2.56. The first-order chi connectivity index (χ1) is 9.66. The van der Waals surface area contributed by atoms with Crippen molar-refractivity contribution in [1.29, 1.82) is 0 Å². The van der Waals surface area contributed by atoms with Crippen LogP contribution in [0.4, 0.5) is 0 Å². The lowest BCUT2D eigenvalue weighted by atomic mass is 10.2. The lowest BCUT2D eigenvalue weighted by Crippen LogP contribution is -2.15. The highest BCUT2D eigenvalue weighted by Crippen LogP contribution is 2.22. The molecule has 3 aromatic rings. The first-order valence-corrected chi connectivity index (χ1v) is 6.74. The van der Waals surface area contributed by atoms with Gasteiger partial charge in [0, 0.05) is 6.20 Å². The Bertz CT molecular complexity index is 791. The number of pyridine rings is 1. The third kappa shape index (κ3) is 2.16. The van der Waals surface area contributed by atoms with Gasteiger partial charge in [-0.05, 0) is 30.7 Å². The zero-order chi connectivity index (χ0) is 14.1. The first-order valence-electron chi connectivity index (χ1n) is 6.33. The summed E-state index contributed by atoms with van der Waals surface area (Å²) in [7, 11) is 0. The number of imidazole rings is 1. The topological polar surface area (TPSA) is 56.7 Å².